The van der Waals surface area contributed by atoms with E-state index in [1.54, 1.807) is 36.4 Å². The summed E-state index contributed by atoms with van der Waals surface area (Å²) in [5.41, 5.74) is 0.718. The van der Waals surface area contributed by atoms with Crippen molar-refractivity contribution in [2.45, 2.75) is 38.8 Å². The molecular formula is C25H22ClNO5. The fraction of sp³-hybridized carbons (Fsp3) is 0.280. The number of piperidine rings is 1. The summed E-state index contributed by atoms with van der Waals surface area (Å²) in [6.45, 7) is 3.53. The van der Waals surface area contributed by atoms with Gasteiger partial charge in [-0.2, -0.15) is 0 Å². The Morgan fingerprint density at radius 1 is 1.06 bits per heavy atom. The third-order valence-electron chi connectivity index (χ3n) is 6.28. The number of nitrogens with zero attached hydrogens (tertiary/aromatic N) is 1. The molecule has 0 amide bonds. The van der Waals surface area contributed by atoms with Crippen LogP contribution in [0.1, 0.15) is 31.7 Å². The molecule has 1 N–H and O–H groups in total. The van der Waals surface area contributed by atoms with Crippen LogP contribution >= 0.6 is 11.6 Å². The smallest absolute Gasteiger partial charge is 0.344 e. The second kappa shape index (κ2) is 8.11. The molecule has 1 fully saturated rings. The van der Waals surface area contributed by atoms with Gasteiger partial charge < -0.3 is 13.9 Å². The van der Waals surface area contributed by atoms with E-state index >= 15 is 0 Å². The highest BCUT2D eigenvalue weighted by atomic mass is 35.5. The van der Waals surface area contributed by atoms with Crippen LogP contribution in [0.3, 0.4) is 0 Å². The van der Waals surface area contributed by atoms with Crippen molar-refractivity contribution in [3.05, 3.63) is 73.9 Å². The number of phenolic OH excluding ortho intramolecular Hbond substituents is 1. The Labute approximate surface area is 188 Å². The highest BCUT2D eigenvalue weighted by Crippen LogP contribution is 2.35. The van der Waals surface area contributed by atoms with Gasteiger partial charge in [0, 0.05) is 40.0 Å². The maximum absolute atomic E-state index is 12.8. The molecule has 6 nitrogen and oxygen atoms in total. The van der Waals surface area contributed by atoms with E-state index < -0.39 is 11.3 Å². The number of hydrogen-bond donors (Lipinski definition) is 1. The molecule has 5 rings (SSSR count). The minimum atomic E-state index is -0.600. The maximum atomic E-state index is 12.8. The number of halogens is 1. The molecule has 4 aromatic rings. The Kier molecular flexibility index (Phi) is 5.27. The lowest BCUT2D eigenvalue weighted by molar-refractivity contribution is 0.151. The molecule has 0 unspecified atom stereocenters. The summed E-state index contributed by atoms with van der Waals surface area (Å²) in [6, 6.07) is 11.5. The molecule has 2 aromatic heterocycles. The first kappa shape index (κ1) is 20.8. The Morgan fingerprint density at radius 3 is 2.72 bits per heavy atom. The molecule has 0 radical (unpaired) electrons. The minimum Gasteiger partial charge on any atom is -0.507 e. The largest absolute Gasteiger partial charge is 0.507 e. The van der Waals surface area contributed by atoms with Crippen LogP contribution in [0.4, 0.5) is 0 Å². The normalized spacial score (nSPS) is 17.2. The summed E-state index contributed by atoms with van der Waals surface area (Å²) in [4.78, 5) is 27.6. The van der Waals surface area contributed by atoms with Crippen molar-refractivity contribution in [3.8, 4) is 16.9 Å². The van der Waals surface area contributed by atoms with E-state index in [9.17, 15) is 14.7 Å². The first-order chi connectivity index (χ1) is 15.4. The van der Waals surface area contributed by atoms with Gasteiger partial charge in [0.15, 0.2) is 0 Å². The second-order valence-corrected chi connectivity index (χ2v) is 8.80. The van der Waals surface area contributed by atoms with Gasteiger partial charge in [0.25, 0.3) is 0 Å². The van der Waals surface area contributed by atoms with Gasteiger partial charge in [0.1, 0.15) is 16.9 Å². The Hall–Kier alpha value is -3.09. The fourth-order valence-electron chi connectivity index (χ4n) is 4.53. The Bertz CT molecular complexity index is 1450. The van der Waals surface area contributed by atoms with Gasteiger partial charge in [-0.1, -0.05) is 18.0 Å². The second-order valence-electron chi connectivity index (χ2n) is 8.36. The van der Waals surface area contributed by atoms with E-state index in [0.717, 1.165) is 19.4 Å². The van der Waals surface area contributed by atoms with Crippen molar-refractivity contribution in [3.63, 3.8) is 0 Å². The molecule has 164 valence electrons. The molecule has 32 heavy (non-hydrogen) atoms. The fourth-order valence-corrected chi connectivity index (χ4v) is 4.71. The molecule has 0 aliphatic carbocycles. The predicted octanol–water partition coefficient (Wildman–Crippen LogP) is 5.30. The minimum absolute atomic E-state index is 0.0629. The molecule has 2 aromatic carbocycles. The van der Waals surface area contributed by atoms with E-state index in [1.165, 1.54) is 12.5 Å². The number of fused-ring (bicyclic) bond motifs is 2. The third kappa shape index (κ3) is 3.70. The van der Waals surface area contributed by atoms with Crippen LogP contribution in [0, 0.1) is 0 Å². The molecule has 0 saturated carbocycles. The SMILES string of the molecule is C[C@@H]1CCCCN1Cc1c(O)ccc2c(-c3cc4cc(Cl)ccc4oc3=O)cc(=O)oc12. The van der Waals surface area contributed by atoms with Crippen molar-refractivity contribution >= 4 is 33.5 Å². The summed E-state index contributed by atoms with van der Waals surface area (Å²) >= 11 is 6.10. The standard InChI is InChI=1S/C25H22ClNO5/c1-14-4-2-3-9-27(14)13-20-21(28)7-6-17-18(12-23(29)32-24(17)20)19-11-15-10-16(26)5-8-22(15)31-25(19)30/h5-8,10-12,14,28H,2-4,9,13H2,1H3/t14-/m1/s1. The first-order valence-electron chi connectivity index (χ1n) is 10.7. The molecule has 1 atom stereocenters. The van der Waals surface area contributed by atoms with Crippen molar-refractivity contribution in [1.82, 2.24) is 4.90 Å². The van der Waals surface area contributed by atoms with Crippen molar-refractivity contribution in [2.75, 3.05) is 6.54 Å². The molecule has 1 saturated heterocycles. The van der Waals surface area contributed by atoms with Crippen molar-refractivity contribution in [2.24, 2.45) is 0 Å². The Balaban J connectivity index is 1.72. The average molecular weight is 452 g/mol. The molecule has 7 heteroatoms. The van der Waals surface area contributed by atoms with E-state index in [1.807, 2.05) is 0 Å². The van der Waals surface area contributed by atoms with E-state index in [0.29, 0.717) is 45.1 Å². The molecule has 0 bridgehead atoms. The van der Waals surface area contributed by atoms with Gasteiger partial charge in [0.2, 0.25) is 0 Å². The lowest BCUT2D eigenvalue weighted by Gasteiger charge is -2.33. The summed E-state index contributed by atoms with van der Waals surface area (Å²) in [5, 5.41) is 12.3. The van der Waals surface area contributed by atoms with E-state index in [-0.39, 0.29) is 16.9 Å². The molecule has 3 heterocycles. The van der Waals surface area contributed by atoms with Gasteiger partial charge in [-0.15, -0.1) is 0 Å². The average Bonchev–Trinajstić information content (AvgIpc) is 2.76. The highest BCUT2D eigenvalue weighted by Gasteiger charge is 2.23. The summed E-state index contributed by atoms with van der Waals surface area (Å²) in [7, 11) is 0. The number of phenols is 1. The van der Waals surface area contributed by atoms with Crippen LogP contribution in [-0.2, 0) is 6.54 Å². The van der Waals surface area contributed by atoms with Crippen LogP contribution < -0.4 is 11.3 Å². The Morgan fingerprint density at radius 2 is 1.91 bits per heavy atom. The highest BCUT2D eigenvalue weighted by molar-refractivity contribution is 6.31. The summed E-state index contributed by atoms with van der Waals surface area (Å²) < 4.78 is 11.0. The van der Waals surface area contributed by atoms with E-state index in [2.05, 4.69) is 11.8 Å². The predicted molar refractivity (Wildman–Crippen MR) is 124 cm³/mol. The van der Waals surface area contributed by atoms with Gasteiger partial charge in [-0.05, 0) is 62.7 Å². The lowest BCUT2D eigenvalue weighted by atomic mass is 9.98. The molecule has 0 spiro atoms. The number of aromatic hydroxyl groups is 1. The van der Waals surface area contributed by atoms with Crippen molar-refractivity contribution < 1.29 is 13.9 Å². The first-order valence-corrected chi connectivity index (χ1v) is 11.0. The summed E-state index contributed by atoms with van der Waals surface area (Å²) in [5.74, 6) is 0.0629. The zero-order valence-corrected chi connectivity index (χ0v) is 18.3. The van der Waals surface area contributed by atoms with Crippen LogP contribution in [0.15, 0.2) is 60.9 Å². The topological polar surface area (TPSA) is 83.9 Å². The summed E-state index contributed by atoms with van der Waals surface area (Å²) in [6.07, 6.45) is 3.35. The lowest BCUT2D eigenvalue weighted by Crippen LogP contribution is -2.36. The van der Waals surface area contributed by atoms with Crippen molar-refractivity contribution in [1.29, 1.82) is 0 Å². The number of likely N-dealkylation sites (tertiary alicyclic amines) is 1. The maximum Gasteiger partial charge on any atom is 0.344 e. The van der Waals surface area contributed by atoms with Gasteiger partial charge in [-0.25, -0.2) is 9.59 Å². The molecule has 1 aliphatic heterocycles. The monoisotopic (exact) mass is 451 g/mol. The molecule has 1 aliphatic rings. The number of rotatable bonds is 3. The van der Waals surface area contributed by atoms with Crippen LogP contribution in [-0.4, -0.2) is 22.6 Å². The van der Waals surface area contributed by atoms with Crippen LogP contribution in [0.2, 0.25) is 5.02 Å². The number of hydrogen-bond acceptors (Lipinski definition) is 6. The van der Waals surface area contributed by atoms with Crippen LogP contribution in [0.25, 0.3) is 33.1 Å². The molecular weight excluding hydrogens is 430 g/mol. The zero-order chi connectivity index (χ0) is 22.4. The zero-order valence-electron chi connectivity index (χ0n) is 17.6. The van der Waals surface area contributed by atoms with Gasteiger partial charge in [-0.3, -0.25) is 4.90 Å². The van der Waals surface area contributed by atoms with Gasteiger partial charge in [0.05, 0.1) is 11.1 Å². The third-order valence-corrected chi connectivity index (χ3v) is 6.51. The van der Waals surface area contributed by atoms with Gasteiger partial charge >= 0.3 is 11.3 Å². The number of benzene rings is 2. The van der Waals surface area contributed by atoms with E-state index in [4.69, 9.17) is 20.4 Å². The quantitative estimate of drug-likeness (QED) is 0.425. The van der Waals surface area contributed by atoms with Crippen LogP contribution in [0.5, 0.6) is 5.75 Å².